The second-order valence-corrected chi connectivity index (χ2v) is 5.70. The van der Waals surface area contributed by atoms with Crippen LogP contribution in [0.1, 0.15) is 37.5 Å². The molecule has 0 aliphatic heterocycles. The molecule has 0 spiro atoms. The summed E-state index contributed by atoms with van der Waals surface area (Å²) in [6.07, 6.45) is 1.21. The molecular formula is C17H18N2O5. The molecule has 24 heavy (non-hydrogen) atoms. The zero-order valence-electron chi connectivity index (χ0n) is 14.0. The molecule has 1 heterocycles. The first kappa shape index (κ1) is 17.4. The molecule has 0 saturated heterocycles. The Hall–Kier alpha value is -2.96. The van der Waals surface area contributed by atoms with Crippen molar-refractivity contribution in [3.8, 4) is 0 Å². The molecule has 0 fully saturated rings. The minimum atomic E-state index is -0.777. The topological polar surface area (TPSA) is 91.4 Å². The standard InChI is InChI=1S/C17H18N2O5/c1-10-5-12(3)14(6-11(10)2)16(20)9-24-17(21)15-7-13(19(22)23)8-18(15)4/h5-8H,9H2,1-4H3. The first-order valence-corrected chi connectivity index (χ1v) is 7.29. The van der Waals surface area contributed by atoms with Gasteiger partial charge in [0, 0.05) is 18.7 Å². The number of Topliss-reactive ketones (excluding diaryl/α,β-unsaturated/α-hetero) is 1. The smallest absolute Gasteiger partial charge is 0.355 e. The summed E-state index contributed by atoms with van der Waals surface area (Å²) >= 11 is 0. The summed E-state index contributed by atoms with van der Waals surface area (Å²) in [4.78, 5) is 34.4. The molecule has 2 aromatic rings. The van der Waals surface area contributed by atoms with Gasteiger partial charge in [0.15, 0.2) is 6.61 Å². The van der Waals surface area contributed by atoms with E-state index in [0.29, 0.717) is 5.56 Å². The van der Waals surface area contributed by atoms with E-state index in [2.05, 4.69) is 0 Å². The normalized spacial score (nSPS) is 10.5. The van der Waals surface area contributed by atoms with E-state index in [1.807, 2.05) is 26.8 Å². The average molecular weight is 330 g/mol. The van der Waals surface area contributed by atoms with Crippen LogP contribution in [0.5, 0.6) is 0 Å². The van der Waals surface area contributed by atoms with E-state index in [0.717, 1.165) is 22.8 Å². The van der Waals surface area contributed by atoms with Crippen LogP contribution < -0.4 is 0 Å². The second-order valence-electron chi connectivity index (χ2n) is 5.70. The van der Waals surface area contributed by atoms with Crippen molar-refractivity contribution in [2.75, 3.05) is 6.61 Å². The SMILES string of the molecule is Cc1cc(C)c(C(=O)COC(=O)c2cc([N+](=O)[O-])cn2C)cc1C. The molecule has 0 bridgehead atoms. The number of carbonyl (C=O) groups excluding carboxylic acids is 2. The Bertz CT molecular complexity index is 836. The van der Waals surface area contributed by atoms with Crippen molar-refractivity contribution in [1.82, 2.24) is 4.57 Å². The molecule has 0 amide bonds. The number of hydrogen-bond donors (Lipinski definition) is 0. The zero-order chi connectivity index (χ0) is 18.0. The lowest BCUT2D eigenvalue weighted by Crippen LogP contribution is -2.17. The first-order valence-electron chi connectivity index (χ1n) is 7.29. The molecule has 0 N–H and O–H groups in total. The van der Waals surface area contributed by atoms with Crippen LogP contribution in [0.2, 0.25) is 0 Å². The van der Waals surface area contributed by atoms with Gasteiger partial charge in [-0.1, -0.05) is 6.07 Å². The minimum absolute atomic E-state index is 0.0197. The highest BCUT2D eigenvalue weighted by Gasteiger charge is 2.20. The Balaban J connectivity index is 2.10. The zero-order valence-corrected chi connectivity index (χ0v) is 14.0. The van der Waals surface area contributed by atoms with E-state index in [-0.39, 0.29) is 17.2 Å². The van der Waals surface area contributed by atoms with Crippen LogP contribution >= 0.6 is 0 Å². The van der Waals surface area contributed by atoms with Gasteiger partial charge in [-0.3, -0.25) is 14.9 Å². The summed E-state index contributed by atoms with van der Waals surface area (Å²) in [6, 6.07) is 4.80. The van der Waals surface area contributed by atoms with E-state index in [1.165, 1.54) is 17.8 Å². The quantitative estimate of drug-likeness (QED) is 0.364. The number of carbonyl (C=O) groups is 2. The molecule has 0 saturated carbocycles. The lowest BCUT2D eigenvalue weighted by atomic mass is 9.98. The highest BCUT2D eigenvalue weighted by Crippen LogP contribution is 2.18. The summed E-state index contributed by atoms with van der Waals surface area (Å²) in [5, 5.41) is 10.7. The van der Waals surface area contributed by atoms with Gasteiger partial charge in [-0.15, -0.1) is 0 Å². The van der Waals surface area contributed by atoms with Crippen LogP contribution in [-0.4, -0.2) is 27.8 Å². The van der Waals surface area contributed by atoms with Crippen LogP contribution in [0.3, 0.4) is 0 Å². The Morgan fingerprint density at radius 2 is 1.75 bits per heavy atom. The monoisotopic (exact) mass is 330 g/mol. The Kier molecular flexibility index (Phi) is 4.82. The van der Waals surface area contributed by atoms with Crippen molar-refractivity contribution in [2.24, 2.45) is 7.05 Å². The summed E-state index contributed by atoms with van der Waals surface area (Å²) < 4.78 is 6.31. The Morgan fingerprint density at radius 3 is 2.33 bits per heavy atom. The molecule has 7 heteroatoms. The lowest BCUT2D eigenvalue weighted by Gasteiger charge is -2.09. The van der Waals surface area contributed by atoms with Crippen molar-refractivity contribution in [3.63, 3.8) is 0 Å². The number of nitrogens with zero attached hydrogens (tertiary/aromatic N) is 2. The average Bonchev–Trinajstić information content (AvgIpc) is 2.90. The molecule has 1 aromatic heterocycles. The summed E-state index contributed by atoms with van der Waals surface area (Å²) in [6.45, 7) is 5.27. The van der Waals surface area contributed by atoms with Crippen molar-refractivity contribution in [3.05, 3.63) is 62.5 Å². The first-order chi connectivity index (χ1) is 11.2. The maximum absolute atomic E-state index is 12.3. The number of hydrogen-bond acceptors (Lipinski definition) is 5. The van der Waals surface area contributed by atoms with Crippen LogP contribution in [-0.2, 0) is 11.8 Å². The van der Waals surface area contributed by atoms with Crippen molar-refractivity contribution in [1.29, 1.82) is 0 Å². The number of ether oxygens (including phenoxy) is 1. The molecule has 1 aromatic carbocycles. The summed E-state index contributed by atoms with van der Waals surface area (Å²) in [7, 11) is 1.50. The van der Waals surface area contributed by atoms with Gasteiger partial charge in [-0.25, -0.2) is 4.79 Å². The molecule has 0 unspecified atom stereocenters. The van der Waals surface area contributed by atoms with Crippen LogP contribution in [0.25, 0.3) is 0 Å². The van der Waals surface area contributed by atoms with Crippen molar-refractivity contribution < 1.29 is 19.2 Å². The summed E-state index contributed by atoms with van der Waals surface area (Å²) in [5.74, 6) is -1.09. The largest absolute Gasteiger partial charge is 0.453 e. The number of rotatable bonds is 5. The number of aryl methyl sites for hydroxylation is 4. The Morgan fingerprint density at radius 1 is 1.12 bits per heavy atom. The van der Waals surface area contributed by atoms with Gasteiger partial charge in [0.05, 0.1) is 11.1 Å². The third-order valence-electron chi connectivity index (χ3n) is 3.89. The second kappa shape index (κ2) is 6.66. The third kappa shape index (κ3) is 3.51. The molecule has 0 aliphatic rings. The van der Waals surface area contributed by atoms with Crippen LogP contribution in [0.4, 0.5) is 5.69 Å². The van der Waals surface area contributed by atoms with Gasteiger partial charge in [-0.05, 0) is 43.5 Å². The third-order valence-corrected chi connectivity index (χ3v) is 3.89. The molecule has 126 valence electrons. The molecule has 0 radical (unpaired) electrons. The number of benzene rings is 1. The van der Waals surface area contributed by atoms with Gasteiger partial charge in [0.1, 0.15) is 5.69 Å². The maximum atomic E-state index is 12.3. The number of esters is 1. The van der Waals surface area contributed by atoms with Gasteiger partial charge in [-0.2, -0.15) is 0 Å². The number of aromatic nitrogens is 1. The maximum Gasteiger partial charge on any atom is 0.355 e. The lowest BCUT2D eigenvalue weighted by molar-refractivity contribution is -0.384. The van der Waals surface area contributed by atoms with Crippen molar-refractivity contribution in [2.45, 2.75) is 20.8 Å². The Labute approximate surface area is 139 Å². The van der Waals surface area contributed by atoms with Gasteiger partial charge in [0.2, 0.25) is 5.78 Å². The van der Waals surface area contributed by atoms with E-state index in [9.17, 15) is 19.7 Å². The van der Waals surface area contributed by atoms with E-state index in [4.69, 9.17) is 4.74 Å². The van der Waals surface area contributed by atoms with Crippen LogP contribution in [0, 0.1) is 30.9 Å². The highest BCUT2D eigenvalue weighted by atomic mass is 16.6. The van der Waals surface area contributed by atoms with Gasteiger partial charge < -0.3 is 9.30 Å². The molecule has 2 rings (SSSR count). The number of nitro groups is 1. The van der Waals surface area contributed by atoms with Crippen molar-refractivity contribution >= 4 is 17.4 Å². The molecule has 7 nitrogen and oxygen atoms in total. The van der Waals surface area contributed by atoms with Gasteiger partial charge >= 0.3 is 5.97 Å². The van der Waals surface area contributed by atoms with E-state index < -0.39 is 17.5 Å². The molecular weight excluding hydrogens is 312 g/mol. The van der Waals surface area contributed by atoms with Gasteiger partial charge in [0.25, 0.3) is 5.69 Å². The minimum Gasteiger partial charge on any atom is -0.453 e. The fraction of sp³-hybridized carbons (Fsp3) is 0.294. The van der Waals surface area contributed by atoms with Crippen LogP contribution in [0.15, 0.2) is 24.4 Å². The van der Waals surface area contributed by atoms with E-state index in [1.54, 1.807) is 6.07 Å². The van der Waals surface area contributed by atoms with E-state index >= 15 is 0 Å². The predicted octanol–water partition coefficient (Wildman–Crippen LogP) is 2.90. The number of ketones is 1. The molecule has 0 atom stereocenters. The summed E-state index contributed by atoms with van der Waals surface area (Å²) in [5.41, 5.74) is 3.19. The fourth-order valence-electron chi connectivity index (χ4n) is 2.39. The predicted molar refractivity (Wildman–Crippen MR) is 87.3 cm³/mol. The fourth-order valence-corrected chi connectivity index (χ4v) is 2.39. The highest BCUT2D eigenvalue weighted by molar-refractivity contribution is 6.00. The molecule has 0 aliphatic carbocycles.